The van der Waals surface area contributed by atoms with E-state index in [1.165, 1.54) is 16.0 Å². The predicted octanol–water partition coefficient (Wildman–Crippen LogP) is 4.85. The third kappa shape index (κ3) is 7.22. The molecule has 0 saturated carbocycles. The van der Waals surface area contributed by atoms with Crippen LogP contribution in [0.25, 0.3) is 0 Å². The van der Waals surface area contributed by atoms with Crippen LogP contribution in [0.4, 0.5) is 0 Å². The van der Waals surface area contributed by atoms with Gasteiger partial charge in [-0.3, -0.25) is 0 Å². The van der Waals surface area contributed by atoms with E-state index in [-0.39, 0.29) is 30.1 Å². The van der Waals surface area contributed by atoms with Crippen LogP contribution < -0.4 is 10.6 Å². The molecule has 1 fully saturated rings. The highest BCUT2D eigenvalue weighted by Crippen LogP contribution is 2.33. The quantitative estimate of drug-likeness (QED) is 0.307. The normalized spacial score (nSPS) is 19.5. The Hall–Kier alpha value is -1.19. The number of rotatable bonds is 7. The van der Waals surface area contributed by atoms with E-state index in [4.69, 9.17) is 9.73 Å². The summed E-state index contributed by atoms with van der Waals surface area (Å²) in [5.41, 5.74) is 2.55. The van der Waals surface area contributed by atoms with Crippen molar-refractivity contribution in [1.29, 1.82) is 0 Å². The molecule has 2 heterocycles. The molecule has 7 heteroatoms. The Bertz CT molecular complexity index is 762. The van der Waals surface area contributed by atoms with Gasteiger partial charge in [-0.15, -0.1) is 35.3 Å². The Morgan fingerprint density at radius 1 is 1.24 bits per heavy atom. The van der Waals surface area contributed by atoms with Gasteiger partial charge < -0.3 is 15.4 Å². The lowest BCUT2D eigenvalue weighted by atomic mass is 9.89. The number of thiazole rings is 1. The third-order valence-electron chi connectivity index (χ3n) is 5.05. The van der Waals surface area contributed by atoms with Gasteiger partial charge in [-0.25, -0.2) is 9.98 Å². The summed E-state index contributed by atoms with van der Waals surface area (Å²) in [4.78, 5) is 10.5. The molecule has 0 radical (unpaired) electrons. The molecule has 5 nitrogen and oxygen atoms in total. The zero-order valence-electron chi connectivity index (χ0n) is 17.6. The molecule has 2 unspecified atom stereocenters. The van der Waals surface area contributed by atoms with Crippen molar-refractivity contribution in [1.82, 2.24) is 15.6 Å². The molecule has 0 bridgehead atoms. The molecule has 1 saturated heterocycles. The van der Waals surface area contributed by atoms with E-state index in [0.29, 0.717) is 12.5 Å². The van der Waals surface area contributed by atoms with Crippen LogP contribution >= 0.6 is 35.3 Å². The van der Waals surface area contributed by atoms with E-state index in [1.807, 2.05) is 6.20 Å². The smallest absolute Gasteiger partial charge is 0.191 e. The Labute approximate surface area is 195 Å². The number of aromatic nitrogens is 1. The fourth-order valence-electron chi connectivity index (χ4n) is 3.48. The Morgan fingerprint density at radius 3 is 2.72 bits per heavy atom. The largest absolute Gasteiger partial charge is 0.373 e. The van der Waals surface area contributed by atoms with Crippen molar-refractivity contribution in [2.75, 3.05) is 19.7 Å². The second-order valence-electron chi connectivity index (χ2n) is 7.25. The Kier molecular flexibility index (Phi) is 10.4. The standard InChI is InChI=1S/C22H32N4OS.HI/c1-4-19-14-24-20(28-19)15-26-22(23-5-2)25-13-18-7-6-12-27-21(18)17-10-8-16(3)9-11-17;/h8-11,14,18,21H,4-7,12-13,15H2,1-3H3,(H2,23,25,26);1H. The number of aliphatic imine (C=N–C) groups is 1. The summed E-state index contributed by atoms with van der Waals surface area (Å²) in [6.45, 7) is 9.51. The summed E-state index contributed by atoms with van der Waals surface area (Å²) in [5.74, 6) is 1.29. The molecule has 2 atom stereocenters. The molecule has 2 aromatic rings. The summed E-state index contributed by atoms with van der Waals surface area (Å²) < 4.78 is 6.14. The van der Waals surface area contributed by atoms with Crippen LogP contribution in [0.2, 0.25) is 0 Å². The molecule has 29 heavy (non-hydrogen) atoms. The summed E-state index contributed by atoms with van der Waals surface area (Å²) in [6.07, 6.45) is 5.41. The number of hydrogen-bond acceptors (Lipinski definition) is 4. The summed E-state index contributed by atoms with van der Waals surface area (Å²) in [5, 5.41) is 7.94. The minimum atomic E-state index is 0. The number of ether oxygens (including phenoxy) is 1. The van der Waals surface area contributed by atoms with E-state index in [9.17, 15) is 0 Å². The number of nitrogens with zero attached hydrogens (tertiary/aromatic N) is 2. The van der Waals surface area contributed by atoms with E-state index in [1.54, 1.807) is 11.3 Å². The highest BCUT2D eigenvalue weighted by molar-refractivity contribution is 14.0. The molecule has 1 aromatic heterocycles. The maximum absolute atomic E-state index is 6.14. The van der Waals surface area contributed by atoms with Crippen LogP contribution in [0.1, 0.15) is 53.8 Å². The van der Waals surface area contributed by atoms with Crippen molar-refractivity contribution in [3.05, 3.63) is 51.5 Å². The van der Waals surface area contributed by atoms with Crippen LogP contribution in [-0.4, -0.2) is 30.6 Å². The Morgan fingerprint density at radius 2 is 2.03 bits per heavy atom. The van der Waals surface area contributed by atoms with Crippen molar-refractivity contribution in [3.8, 4) is 0 Å². The minimum Gasteiger partial charge on any atom is -0.373 e. The van der Waals surface area contributed by atoms with Gasteiger partial charge in [0.05, 0.1) is 12.6 Å². The molecule has 3 rings (SSSR count). The number of nitrogens with one attached hydrogen (secondary N) is 2. The molecule has 0 amide bonds. The van der Waals surface area contributed by atoms with Gasteiger partial charge in [0.25, 0.3) is 0 Å². The second kappa shape index (κ2) is 12.5. The second-order valence-corrected chi connectivity index (χ2v) is 8.45. The molecule has 1 aromatic carbocycles. The third-order valence-corrected chi connectivity index (χ3v) is 6.18. The predicted molar refractivity (Wildman–Crippen MR) is 132 cm³/mol. The molecule has 1 aliphatic heterocycles. The number of halogens is 1. The first kappa shape index (κ1) is 24.1. The molecule has 1 aliphatic rings. The lowest BCUT2D eigenvalue weighted by Crippen LogP contribution is -2.42. The van der Waals surface area contributed by atoms with Crippen molar-refractivity contribution in [3.63, 3.8) is 0 Å². The molecule has 0 aliphatic carbocycles. The van der Waals surface area contributed by atoms with Gasteiger partial charge >= 0.3 is 0 Å². The van der Waals surface area contributed by atoms with Gasteiger partial charge in [-0.2, -0.15) is 0 Å². The highest BCUT2D eigenvalue weighted by Gasteiger charge is 2.27. The first-order chi connectivity index (χ1) is 13.7. The fraction of sp³-hybridized carbons (Fsp3) is 0.545. The van der Waals surface area contributed by atoms with Crippen molar-refractivity contribution in [2.45, 2.75) is 52.7 Å². The first-order valence-electron chi connectivity index (χ1n) is 10.3. The van der Waals surface area contributed by atoms with Crippen LogP contribution in [0, 0.1) is 12.8 Å². The van der Waals surface area contributed by atoms with Gasteiger partial charge in [-0.05, 0) is 38.7 Å². The van der Waals surface area contributed by atoms with Crippen LogP contribution in [0.3, 0.4) is 0 Å². The highest BCUT2D eigenvalue weighted by atomic mass is 127. The van der Waals surface area contributed by atoms with Crippen LogP contribution in [0.5, 0.6) is 0 Å². The van der Waals surface area contributed by atoms with Crippen LogP contribution in [0.15, 0.2) is 35.5 Å². The lowest BCUT2D eigenvalue weighted by Gasteiger charge is -2.32. The van der Waals surface area contributed by atoms with Crippen molar-refractivity contribution >= 4 is 41.3 Å². The van der Waals surface area contributed by atoms with E-state index in [0.717, 1.165) is 49.9 Å². The van der Waals surface area contributed by atoms with Crippen LogP contribution in [-0.2, 0) is 17.7 Å². The fourth-order valence-corrected chi connectivity index (χ4v) is 4.26. The SMILES string of the molecule is CCNC(=NCc1ncc(CC)s1)NCC1CCCOC1c1ccc(C)cc1.I. The zero-order valence-corrected chi connectivity index (χ0v) is 20.8. The van der Waals surface area contributed by atoms with Gasteiger partial charge in [-0.1, -0.05) is 36.8 Å². The monoisotopic (exact) mass is 528 g/mol. The van der Waals surface area contributed by atoms with E-state index < -0.39 is 0 Å². The summed E-state index contributed by atoms with van der Waals surface area (Å²) in [6, 6.07) is 8.74. The summed E-state index contributed by atoms with van der Waals surface area (Å²) in [7, 11) is 0. The minimum absolute atomic E-state index is 0. The molecule has 2 N–H and O–H groups in total. The molecule has 160 valence electrons. The van der Waals surface area contributed by atoms with Gasteiger partial charge in [0.1, 0.15) is 5.01 Å². The first-order valence-corrected chi connectivity index (χ1v) is 11.1. The maximum atomic E-state index is 6.14. The zero-order chi connectivity index (χ0) is 19.8. The average Bonchev–Trinajstić information content (AvgIpc) is 3.19. The molecular weight excluding hydrogens is 495 g/mol. The Balaban J connectivity index is 0.00000300. The lowest BCUT2D eigenvalue weighted by molar-refractivity contribution is -0.0265. The summed E-state index contributed by atoms with van der Waals surface area (Å²) >= 11 is 1.74. The molecular formula is C22H33IN4OS. The van der Waals surface area contributed by atoms with Gasteiger partial charge in [0.15, 0.2) is 5.96 Å². The van der Waals surface area contributed by atoms with Crippen molar-refractivity contribution < 1.29 is 4.74 Å². The van der Waals surface area contributed by atoms with E-state index >= 15 is 0 Å². The molecule has 0 spiro atoms. The number of aryl methyl sites for hydroxylation is 2. The number of guanidine groups is 1. The van der Waals surface area contributed by atoms with E-state index in [2.05, 4.69) is 60.7 Å². The van der Waals surface area contributed by atoms with Crippen molar-refractivity contribution in [2.24, 2.45) is 10.9 Å². The average molecular weight is 529 g/mol. The van der Waals surface area contributed by atoms with Gasteiger partial charge in [0.2, 0.25) is 0 Å². The van der Waals surface area contributed by atoms with Gasteiger partial charge in [0, 0.05) is 36.7 Å². The maximum Gasteiger partial charge on any atom is 0.191 e. The number of benzene rings is 1. The topological polar surface area (TPSA) is 58.5 Å². The number of hydrogen-bond donors (Lipinski definition) is 2.